The van der Waals surface area contributed by atoms with Gasteiger partial charge in [0.15, 0.2) is 5.84 Å². The summed E-state index contributed by atoms with van der Waals surface area (Å²) in [5, 5.41) is 2.56. The molecule has 1 fully saturated rings. The summed E-state index contributed by atoms with van der Waals surface area (Å²) in [7, 11) is 2.05. The Balaban J connectivity index is 1.44. The molecule has 5 rings (SSSR count). The number of anilines is 2. The molecule has 2 aliphatic rings. The van der Waals surface area contributed by atoms with Crippen LogP contribution in [0.25, 0.3) is 0 Å². The molecule has 2 aromatic carbocycles. The van der Waals surface area contributed by atoms with Crippen LogP contribution >= 0.6 is 11.3 Å². The highest BCUT2D eigenvalue weighted by atomic mass is 32.1. The lowest BCUT2D eigenvalue weighted by molar-refractivity contribution is -0.137. The third kappa shape index (κ3) is 4.65. The number of rotatable bonds is 3. The first-order valence-electron chi connectivity index (χ1n) is 11.0. The van der Waals surface area contributed by atoms with Gasteiger partial charge in [0.2, 0.25) is 5.01 Å². The second kappa shape index (κ2) is 8.99. The van der Waals surface area contributed by atoms with Crippen LogP contribution in [0.3, 0.4) is 0 Å². The number of thiazole rings is 1. The van der Waals surface area contributed by atoms with E-state index in [4.69, 9.17) is 4.99 Å². The zero-order valence-electron chi connectivity index (χ0n) is 18.4. The Morgan fingerprint density at radius 1 is 1.09 bits per heavy atom. The van der Waals surface area contributed by atoms with Gasteiger partial charge in [0, 0.05) is 25.7 Å². The van der Waals surface area contributed by atoms with Crippen LogP contribution in [0.2, 0.25) is 0 Å². The van der Waals surface area contributed by atoms with Crippen molar-refractivity contribution in [1.82, 2.24) is 14.8 Å². The number of nitrogens with zero attached hydrogens (tertiary/aromatic N) is 4. The first kappa shape index (κ1) is 22.8. The van der Waals surface area contributed by atoms with Crippen LogP contribution in [0.15, 0.2) is 53.5 Å². The predicted molar refractivity (Wildman–Crippen MR) is 126 cm³/mol. The van der Waals surface area contributed by atoms with Crippen LogP contribution in [-0.4, -0.2) is 53.3 Å². The quantitative estimate of drug-likeness (QED) is 0.481. The van der Waals surface area contributed by atoms with Crippen molar-refractivity contribution >= 4 is 33.5 Å². The minimum Gasteiger partial charge on any atom is -0.352 e. The molecule has 5 nitrogen and oxygen atoms in total. The normalized spacial score (nSPS) is 18.6. The summed E-state index contributed by atoms with van der Waals surface area (Å²) >= 11 is 0.601. The number of alkyl halides is 3. The zero-order valence-corrected chi connectivity index (χ0v) is 19.3. The van der Waals surface area contributed by atoms with E-state index in [-0.39, 0.29) is 17.6 Å². The van der Waals surface area contributed by atoms with Gasteiger partial charge in [-0.05, 0) is 49.7 Å². The summed E-state index contributed by atoms with van der Waals surface area (Å²) in [6, 6.07) is 14.0. The zero-order chi connectivity index (χ0) is 23.9. The molecule has 0 aliphatic carbocycles. The summed E-state index contributed by atoms with van der Waals surface area (Å²) < 4.78 is 53.7. The van der Waals surface area contributed by atoms with Gasteiger partial charge in [0.25, 0.3) is 0 Å². The summed E-state index contributed by atoms with van der Waals surface area (Å²) in [4.78, 5) is 13.1. The van der Waals surface area contributed by atoms with Gasteiger partial charge < -0.3 is 10.2 Å². The van der Waals surface area contributed by atoms with Gasteiger partial charge in [0.05, 0.1) is 11.4 Å². The van der Waals surface area contributed by atoms with Gasteiger partial charge >= 0.3 is 6.18 Å². The molecule has 1 N–H and O–H groups in total. The number of piperazine rings is 1. The third-order valence-electron chi connectivity index (χ3n) is 6.22. The number of halogens is 4. The fraction of sp³-hybridized carbons (Fsp3) is 0.333. The Kier molecular flexibility index (Phi) is 6.03. The smallest absolute Gasteiger partial charge is 0.352 e. The standard InChI is InChI=1S/C24H23F4N5S/c1-32-12-13-33(14-17(32)11-8-15-6-9-16(25)10-7-15)21-20-22(34-23(31-20)24(26,27)28)30-19-5-3-2-4-18(19)29-21/h2-7,9-10,17,30H,8,11-14H2,1H3. The predicted octanol–water partition coefficient (Wildman–Crippen LogP) is 5.69. The number of nitrogens with one attached hydrogen (secondary N) is 1. The second-order valence-electron chi connectivity index (χ2n) is 8.52. The van der Waals surface area contributed by atoms with E-state index in [1.165, 1.54) is 12.1 Å². The summed E-state index contributed by atoms with van der Waals surface area (Å²) in [5.74, 6) is 0.196. The fourth-order valence-electron chi connectivity index (χ4n) is 4.30. The lowest BCUT2D eigenvalue weighted by atomic mass is 10.0. The maximum atomic E-state index is 13.5. The molecule has 1 aromatic heterocycles. The van der Waals surface area contributed by atoms with E-state index in [9.17, 15) is 17.6 Å². The van der Waals surface area contributed by atoms with Gasteiger partial charge in [0.1, 0.15) is 16.5 Å². The van der Waals surface area contributed by atoms with Crippen molar-refractivity contribution < 1.29 is 17.6 Å². The van der Waals surface area contributed by atoms with Crippen LogP contribution in [0.4, 0.5) is 33.9 Å². The lowest BCUT2D eigenvalue weighted by Gasteiger charge is -2.40. The number of para-hydroxylation sites is 2. The highest BCUT2D eigenvalue weighted by molar-refractivity contribution is 7.16. The van der Waals surface area contributed by atoms with E-state index in [0.717, 1.165) is 24.9 Å². The maximum Gasteiger partial charge on any atom is 0.443 e. The fourth-order valence-corrected chi connectivity index (χ4v) is 5.14. The molecule has 34 heavy (non-hydrogen) atoms. The number of hydrogen-bond donors (Lipinski definition) is 1. The maximum absolute atomic E-state index is 13.5. The van der Waals surface area contributed by atoms with E-state index < -0.39 is 11.2 Å². The van der Waals surface area contributed by atoms with E-state index in [0.29, 0.717) is 46.6 Å². The number of aryl methyl sites for hydroxylation is 1. The SMILES string of the molecule is CN1CCN(C2=Nc3ccccc3Nc3sc(C(F)(F)F)nc32)CC1CCc1ccc(F)cc1. The average Bonchev–Trinajstić information content (AvgIpc) is 3.17. The largest absolute Gasteiger partial charge is 0.443 e. The molecular formula is C24H23F4N5S. The molecule has 3 aromatic rings. The monoisotopic (exact) mass is 489 g/mol. The summed E-state index contributed by atoms with van der Waals surface area (Å²) in [6.45, 7) is 1.98. The van der Waals surface area contributed by atoms with E-state index in [1.54, 1.807) is 18.2 Å². The molecule has 2 aliphatic heterocycles. The van der Waals surface area contributed by atoms with Gasteiger partial charge in [-0.1, -0.05) is 35.6 Å². The van der Waals surface area contributed by atoms with Crippen molar-refractivity contribution in [1.29, 1.82) is 0 Å². The first-order chi connectivity index (χ1) is 16.3. The van der Waals surface area contributed by atoms with Crippen LogP contribution in [0.5, 0.6) is 0 Å². The molecular weight excluding hydrogens is 466 g/mol. The molecule has 3 heterocycles. The van der Waals surface area contributed by atoms with Crippen molar-refractivity contribution in [2.75, 3.05) is 32.0 Å². The topological polar surface area (TPSA) is 43.8 Å². The number of amidine groups is 1. The molecule has 10 heteroatoms. The Hall–Kier alpha value is -2.98. The van der Waals surface area contributed by atoms with Gasteiger partial charge in [-0.3, -0.25) is 4.90 Å². The Labute approximate surface area is 198 Å². The number of aromatic nitrogens is 1. The second-order valence-corrected chi connectivity index (χ2v) is 9.52. The minimum atomic E-state index is -4.52. The third-order valence-corrected chi connectivity index (χ3v) is 7.23. The molecule has 1 saturated heterocycles. The highest BCUT2D eigenvalue weighted by Crippen LogP contribution is 2.42. The number of fused-ring (bicyclic) bond motifs is 2. The van der Waals surface area contributed by atoms with Crippen molar-refractivity contribution in [2.45, 2.75) is 25.1 Å². The molecule has 0 spiro atoms. The van der Waals surface area contributed by atoms with Gasteiger partial charge in [-0.2, -0.15) is 13.2 Å². The molecule has 0 amide bonds. The van der Waals surface area contributed by atoms with Crippen LogP contribution < -0.4 is 5.32 Å². The molecule has 0 bridgehead atoms. The van der Waals surface area contributed by atoms with Crippen molar-refractivity contribution in [3.63, 3.8) is 0 Å². The number of likely N-dealkylation sites (N-methyl/N-ethyl adjacent to an activating group) is 1. The van der Waals surface area contributed by atoms with Crippen molar-refractivity contribution in [3.05, 3.63) is 70.6 Å². The molecule has 0 radical (unpaired) electrons. The Bertz CT molecular complexity index is 1200. The Morgan fingerprint density at radius 3 is 2.62 bits per heavy atom. The van der Waals surface area contributed by atoms with Gasteiger partial charge in [-0.15, -0.1) is 0 Å². The number of benzene rings is 2. The number of hydrogen-bond acceptors (Lipinski definition) is 6. The van der Waals surface area contributed by atoms with Crippen molar-refractivity contribution in [3.8, 4) is 0 Å². The van der Waals surface area contributed by atoms with E-state index in [2.05, 4.69) is 22.2 Å². The lowest BCUT2D eigenvalue weighted by Crippen LogP contribution is -2.53. The summed E-state index contributed by atoms with van der Waals surface area (Å²) in [5.41, 5.74) is 2.60. The molecule has 0 saturated carbocycles. The van der Waals surface area contributed by atoms with E-state index >= 15 is 0 Å². The molecule has 178 valence electrons. The van der Waals surface area contributed by atoms with Crippen LogP contribution in [-0.2, 0) is 12.6 Å². The number of aliphatic imine (C=N–C) groups is 1. The first-order valence-corrected chi connectivity index (χ1v) is 11.8. The average molecular weight is 490 g/mol. The summed E-state index contributed by atoms with van der Waals surface area (Å²) in [6.07, 6.45) is -2.92. The highest BCUT2D eigenvalue weighted by Gasteiger charge is 2.39. The van der Waals surface area contributed by atoms with Crippen molar-refractivity contribution in [2.24, 2.45) is 4.99 Å². The van der Waals surface area contributed by atoms with E-state index in [1.807, 2.05) is 23.1 Å². The molecule has 1 unspecified atom stereocenters. The van der Waals surface area contributed by atoms with Gasteiger partial charge in [-0.25, -0.2) is 14.4 Å². The van der Waals surface area contributed by atoms with Crippen LogP contribution in [0, 0.1) is 5.82 Å². The minimum absolute atomic E-state index is 0.164. The molecule has 1 atom stereocenters. The Morgan fingerprint density at radius 2 is 1.85 bits per heavy atom. The van der Waals surface area contributed by atoms with Crippen LogP contribution in [0.1, 0.15) is 22.7 Å².